The maximum absolute atomic E-state index is 12.5. The molecule has 1 aliphatic heterocycles. The van der Waals surface area contributed by atoms with Gasteiger partial charge in [0, 0.05) is 18.9 Å². The average molecular weight is 340 g/mol. The Bertz CT molecular complexity index is 771. The summed E-state index contributed by atoms with van der Waals surface area (Å²) < 4.78 is 5.28. The van der Waals surface area contributed by atoms with Gasteiger partial charge in [0.05, 0.1) is 12.0 Å². The largest absolute Gasteiger partial charge is 0.469 e. The molecular weight excluding hydrogens is 320 g/mol. The second kappa shape index (κ2) is 7.21. The van der Waals surface area contributed by atoms with Crippen LogP contribution >= 0.6 is 0 Å². The van der Waals surface area contributed by atoms with Crippen LogP contribution in [-0.2, 0) is 16.0 Å². The van der Waals surface area contributed by atoms with Crippen LogP contribution in [0.4, 0.5) is 5.69 Å². The van der Waals surface area contributed by atoms with E-state index in [1.807, 2.05) is 43.3 Å². The van der Waals surface area contributed by atoms with E-state index in [2.05, 4.69) is 10.4 Å². The van der Waals surface area contributed by atoms with Gasteiger partial charge in [0.2, 0.25) is 5.91 Å². The van der Waals surface area contributed by atoms with Gasteiger partial charge in [0.1, 0.15) is 17.5 Å². The van der Waals surface area contributed by atoms with Crippen molar-refractivity contribution < 1.29 is 14.0 Å². The fraction of sp³-hybridized carbons (Fsp3) is 0.278. The molecule has 0 spiro atoms. The molecule has 0 unspecified atom stereocenters. The minimum absolute atomic E-state index is 0.126. The highest BCUT2D eigenvalue weighted by Gasteiger charge is 2.35. The van der Waals surface area contributed by atoms with E-state index in [0.717, 1.165) is 11.4 Å². The first kappa shape index (κ1) is 16.8. The minimum Gasteiger partial charge on any atom is -0.469 e. The molecule has 2 amide bonds. The number of furan rings is 1. The van der Waals surface area contributed by atoms with Crippen molar-refractivity contribution in [3.05, 3.63) is 54.5 Å². The van der Waals surface area contributed by atoms with Crippen LogP contribution in [0.15, 0.2) is 58.2 Å². The van der Waals surface area contributed by atoms with Gasteiger partial charge in [-0.15, -0.1) is 0 Å². The van der Waals surface area contributed by atoms with E-state index >= 15 is 0 Å². The number of nitrogens with one attached hydrogen (secondary N) is 1. The molecule has 1 aromatic heterocycles. The molecule has 130 valence electrons. The Hall–Kier alpha value is -3.09. The summed E-state index contributed by atoms with van der Waals surface area (Å²) >= 11 is 0. The molecule has 7 nitrogen and oxygen atoms in total. The monoisotopic (exact) mass is 340 g/mol. The predicted octanol–water partition coefficient (Wildman–Crippen LogP) is 1.45. The molecular formula is C18H20N4O3. The second-order valence-electron chi connectivity index (χ2n) is 6.01. The third-order valence-corrected chi connectivity index (χ3v) is 3.99. The van der Waals surface area contributed by atoms with E-state index < -0.39 is 11.9 Å². The third-order valence-electron chi connectivity index (χ3n) is 3.99. The lowest BCUT2D eigenvalue weighted by atomic mass is 10.1. The molecule has 0 saturated heterocycles. The van der Waals surface area contributed by atoms with E-state index in [-0.39, 0.29) is 18.4 Å². The normalized spacial score (nSPS) is 17.9. The van der Waals surface area contributed by atoms with E-state index in [1.54, 1.807) is 12.3 Å². The van der Waals surface area contributed by atoms with Gasteiger partial charge >= 0.3 is 0 Å². The number of carbonyl (C=O) groups excluding carboxylic acids is 2. The molecule has 1 aliphatic rings. The summed E-state index contributed by atoms with van der Waals surface area (Å²) in [6.45, 7) is 1.89. The van der Waals surface area contributed by atoms with Crippen molar-refractivity contribution in [1.29, 1.82) is 0 Å². The number of amides is 2. The van der Waals surface area contributed by atoms with Crippen molar-refractivity contribution in [2.75, 3.05) is 5.01 Å². The van der Waals surface area contributed by atoms with Gasteiger partial charge in [-0.05, 0) is 31.2 Å². The second-order valence-corrected chi connectivity index (χ2v) is 6.01. The Morgan fingerprint density at radius 1 is 1.32 bits per heavy atom. The molecule has 7 heteroatoms. The van der Waals surface area contributed by atoms with Gasteiger partial charge in [0.15, 0.2) is 0 Å². The lowest BCUT2D eigenvalue weighted by molar-refractivity contribution is -0.119. The molecule has 3 N–H and O–H groups in total. The van der Waals surface area contributed by atoms with Crippen molar-refractivity contribution in [3.63, 3.8) is 0 Å². The van der Waals surface area contributed by atoms with Gasteiger partial charge in [-0.3, -0.25) is 14.6 Å². The zero-order valence-corrected chi connectivity index (χ0v) is 13.9. The van der Waals surface area contributed by atoms with Crippen LogP contribution in [0, 0.1) is 0 Å². The molecule has 2 aromatic rings. The van der Waals surface area contributed by atoms with E-state index in [9.17, 15) is 9.59 Å². The SMILES string of the molecule is C[C@H](Cc1ccco1)NC(=O)C1=NN(c2ccccc2)[C@@H](C(N)=O)C1. The maximum Gasteiger partial charge on any atom is 0.267 e. The van der Waals surface area contributed by atoms with Gasteiger partial charge in [-0.2, -0.15) is 5.10 Å². The number of hydrazone groups is 1. The molecule has 0 radical (unpaired) electrons. The minimum atomic E-state index is -0.663. The van der Waals surface area contributed by atoms with E-state index in [4.69, 9.17) is 10.2 Å². The predicted molar refractivity (Wildman–Crippen MR) is 94.0 cm³/mol. The number of hydrogen-bond donors (Lipinski definition) is 2. The third kappa shape index (κ3) is 3.88. The smallest absolute Gasteiger partial charge is 0.267 e. The average Bonchev–Trinajstić information content (AvgIpc) is 3.24. The Balaban J connectivity index is 1.70. The van der Waals surface area contributed by atoms with Crippen molar-refractivity contribution >= 4 is 23.2 Å². The molecule has 0 saturated carbocycles. The summed E-state index contributed by atoms with van der Waals surface area (Å²) in [6.07, 6.45) is 2.36. The van der Waals surface area contributed by atoms with Gasteiger partial charge < -0.3 is 15.5 Å². The first-order chi connectivity index (χ1) is 12.0. The topological polar surface area (TPSA) is 101 Å². The van der Waals surface area contributed by atoms with Gasteiger partial charge in [-0.1, -0.05) is 18.2 Å². The van der Waals surface area contributed by atoms with Crippen LogP contribution in [0.3, 0.4) is 0 Å². The zero-order chi connectivity index (χ0) is 17.8. The number of rotatable bonds is 6. The van der Waals surface area contributed by atoms with Crippen LogP contribution < -0.4 is 16.1 Å². The number of carbonyl (C=O) groups is 2. The number of primary amides is 1. The quantitative estimate of drug-likeness (QED) is 0.831. The molecule has 0 fully saturated rings. The van der Waals surface area contributed by atoms with Crippen LogP contribution in [-0.4, -0.2) is 29.6 Å². The highest BCUT2D eigenvalue weighted by molar-refractivity contribution is 6.40. The molecule has 1 aromatic carbocycles. The first-order valence-electron chi connectivity index (χ1n) is 8.09. The number of para-hydroxylation sites is 1. The Morgan fingerprint density at radius 2 is 2.08 bits per heavy atom. The highest BCUT2D eigenvalue weighted by atomic mass is 16.3. The molecule has 2 atom stereocenters. The molecule has 25 heavy (non-hydrogen) atoms. The fourth-order valence-electron chi connectivity index (χ4n) is 2.78. The Kier molecular flexibility index (Phi) is 4.83. The summed E-state index contributed by atoms with van der Waals surface area (Å²) in [5.74, 6) is -0.0233. The molecule has 0 bridgehead atoms. The summed E-state index contributed by atoms with van der Waals surface area (Å²) in [6, 6.07) is 12.1. The van der Waals surface area contributed by atoms with Gasteiger partial charge in [-0.25, -0.2) is 0 Å². The van der Waals surface area contributed by atoms with E-state index in [1.165, 1.54) is 5.01 Å². The van der Waals surface area contributed by atoms with E-state index in [0.29, 0.717) is 12.1 Å². The van der Waals surface area contributed by atoms with Crippen LogP contribution in [0.1, 0.15) is 19.1 Å². The summed E-state index contributed by atoms with van der Waals surface area (Å²) in [7, 11) is 0. The molecule has 3 rings (SSSR count). The lowest BCUT2D eigenvalue weighted by Crippen LogP contribution is -2.41. The standard InChI is InChI=1S/C18H20N4O3/c1-12(10-14-8-5-9-25-14)20-18(24)15-11-16(17(19)23)22(21-15)13-6-3-2-4-7-13/h2-9,12,16H,10-11H2,1H3,(H2,19,23)(H,20,24)/t12-,16-/m1/s1. The van der Waals surface area contributed by atoms with Crippen LogP contribution in [0.2, 0.25) is 0 Å². The number of benzene rings is 1. The summed E-state index contributed by atoms with van der Waals surface area (Å²) in [5.41, 5.74) is 6.49. The van der Waals surface area contributed by atoms with Crippen molar-refractivity contribution in [1.82, 2.24) is 5.32 Å². The summed E-state index contributed by atoms with van der Waals surface area (Å²) in [5, 5.41) is 8.72. The van der Waals surface area contributed by atoms with Crippen LogP contribution in [0.25, 0.3) is 0 Å². The van der Waals surface area contributed by atoms with Crippen molar-refractivity contribution in [2.45, 2.75) is 31.8 Å². The number of nitrogens with two attached hydrogens (primary N) is 1. The number of hydrogen-bond acceptors (Lipinski definition) is 5. The number of nitrogens with zero attached hydrogens (tertiary/aromatic N) is 2. The Morgan fingerprint density at radius 3 is 2.72 bits per heavy atom. The highest BCUT2D eigenvalue weighted by Crippen LogP contribution is 2.24. The zero-order valence-electron chi connectivity index (χ0n) is 13.9. The first-order valence-corrected chi connectivity index (χ1v) is 8.09. The summed E-state index contributed by atoms with van der Waals surface area (Å²) in [4.78, 5) is 24.2. The molecule has 2 heterocycles. The fourth-order valence-corrected chi connectivity index (χ4v) is 2.78. The van der Waals surface area contributed by atoms with Crippen molar-refractivity contribution in [3.8, 4) is 0 Å². The van der Waals surface area contributed by atoms with Crippen molar-refractivity contribution in [2.24, 2.45) is 10.8 Å². The number of anilines is 1. The lowest BCUT2D eigenvalue weighted by Gasteiger charge is -2.20. The Labute approximate surface area is 145 Å². The van der Waals surface area contributed by atoms with Crippen LogP contribution in [0.5, 0.6) is 0 Å². The van der Waals surface area contributed by atoms with Gasteiger partial charge in [0.25, 0.3) is 5.91 Å². The molecule has 0 aliphatic carbocycles. The maximum atomic E-state index is 12.5.